The molecule has 1 aromatic carbocycles. The molecule has 0 radical (unpaired) electrons. The molecule has 0 unspecified atom stereocenters. The minimum atomic E-state index is -0.267. The van der Waals surface area contributed by atoms with Gasteiger partial charge in [0.25, 0.3) is 5.89 Å². The first kappa shape index (κ1) is 12.4. The zero-order valence-electron chi connectivity index (χ0n) is 11.0. The predicted molar refractivity (Wildman–Crippen MR) is 70.2 cm³/mol. The summed E-state index contributed by atoms with van der Waals surface area (Å²) < 4.78 is 18.4. The highest BCUT2D eigenvalue weighted by Crippen LogP contribution is 2.23. The van der Waals surface area contributed by atoms with Crippen LogP contribution < -0.4 is 0 Å². The summed E-state index contributed by atoms with van der Waals surface area (Å²) in [4.78, 5) is 8.56. The van der Waals surface area contributed by atoms with Gasteiger partial charge in [-0.05, 0) is 30.7 Å². The number of aryl methyl sites for hydroxylation is 2. The molecule has 3 rings (SSSR count). The Labute approximate surface area is 114 Å². The molecule has 6 heteroatoms. The molecule has 0 amide bonds. The van der Waals surface area contributed by atoms with E-state index in [4.69, 9.17) is 4.42 Å². The molecular formula is C14H11FN4O. The highest BCUT2D eigenvalue weighted by atomic mass is 19.1. The number of hydrogen-bond acceptors (Lipinski definition) is 5. The van der Waals surface area contributed by atoms with Gasteiger partial charge in [-0.25, -0.2) is 9.37 Å². The lowest BCUT2D eigenvalue weighted by atomic mass is 10.1. The second-order valence-electron chi connectivity index (χ2n) is 4.37. The van der Waals surface area contributed by atoms with Gasteiger partial charge in [0.1, 0.15) is 11.5 Å². The monoisotopic (exact) mass is 270 g/mol. The summed E-state index contributed by atoms with van der Waals surface area (Å²) in [5.74, 6) is 0.537. The zero-order chi connectivity index (χ0) is 14.1. The van der Waals surface area contributed by atoms with E-state index in [0.29, 0.717) is 23.2 Å². The van der Waals surface area contributed by atoms with Crippen molar-refractivity contribution in [1.82, 2.24) is 20.2 Å². The molecule has 0 spiro atoms. The summed E-state index contributed by atoms with van der Waals surface area (Å²) >= 11 is 0. The molecule has 0 N–H and O–H groups in total. The molecule has 5 nitrogen and oxygen atoms in total. The molecule has 0 saturated carbocycles. The number of hydrogen-bond donors (Lipinski definition) is 0. The first-order chi connectivity index (χ1) is 9.63. The second-order valence-corrected chi connectivity index (χ2v) is 4.37. The van der Waals surface area contributed by atoms with Crippen LogP contribution in [0, 0.1) is 19.7 Å². The average Bonchev–Trinajstić information content (AvgIpc) is 2.86. The lowest BCUT2D eigenvalue weighted by Crippen LogP contribution is -1.92. The van der Waals surface area contributed by atoms with Gasteiger partial charge in [0.15, 0.2) is 0 Å². The molecule has 0 saturated heterocycles. The van der Waals surface area contributed by atoms with Crippen molar-refractivity contribution in [2.45, 2.75) is 13.8 Å². The standard InChI is InChI=1S/C14H11FN4O/c1-8-5-10(15)3-4-11(8)12-6-17-13(7-16-12)14-19-18-9(2)20-14/h3-7H,1-2H3. The van der Waals surface area contributed by atoms with E-state index < -0.39 is 0 Å². The Kier molecular flexibility index (Phi) is 2.98. The Morgan fingerprint density at radius 3 is 2.35 bits per heavy atom. The third-order valence-corrected chi connectivity index (χ3v) is 2.86. The molecule has 3 aromatic rings. The third kappa shape index (κ3) is 2.27. The minimum Gasteiger partial charge on any atom is -0.420 e. The fraction of sp³-hybridized carbons (Fsp3) is 0.143. The van der Waals surface area contributed by atoms with Crippen LogP contribution in [0.15, 0.2) is 35.0 Å². The van der Waals surface area contributed by atoms with Gasteiger partial charge >= 0.3 is 0 Å². The summed E-state index contributed by atoms with van der Waals surface area (Å²) in [7, 11) is 0. The van der Waals surface area contributed by atoms with Gasteiger partial charge in [0, 0.05) is 12.5 Å². The quantitative estimate of drug-likeness (QED) is 0.716. The average molecular weight is 270 g/mol. The minimum absolute atomic E-state index is 0.267. The summed E-state index contributed by atoms with van der Waals surface area (Å²) in [6, 6.07) is 4.55. The summed E-state index contributed by atoms with van der Waals surface area (Å²) in [6.45, 7) is 3.54. The van der Waals surface area contributed by atoms with Gasteiger partial charge in [0.05, 0.1) is 18.1 Å². The van der Waals surface area contributed by atoms with Gasteiger partial charge < -0.3 is 4.42 Å². The Bertz CT molecular complexity index is 752. The molecule has 0 bridgehead atoms. The molecule has 0 atom stereocenters. The number of benzene rings is 1. The van der Waals surface area contributed by atoms with E-state index in [9.17, 15) is 4.39 Å². The molecule has 0 aliphatic heterocycles. The van der Waals surface area contributed by atoms with Crippen molar-refractivity contribution in [2.75, 3.05) is 0 Å². The number of rotatable bonds is 2. The van der Waals surface area contributed by atoms with E-state index in [1.165, 1.54) is 12.1 Å². The molecule has 2 aromatic heterocycles. The van der Waals surface area contributed by atoms with E-state index >= 15 is 0 Å². The van der Waals surface area contributed by atoms with Gasteiger partial charge in [0.2, 0.25) is 5.89 Å². The smallest absolute Gasteiger partial charge is 0.267 e. The zero-order valence-corrected chi connectivity index (χ0v) is 11.0. The Hall–Kier alpha value is -2.63. The van der Waals surface area contributed by atoms with Crippen LogP contribution in [0.25, 0.3) is 22.8 Å². The van der Waals surface area contributed by atoms with Crippen LogP contribution in [0.2, 0.25) is 0 Å². The van der Waals surface area contributed by atoms with E-state index in [0.717, 1.165) is 11.1 Å². The van der Waals surface area contributed by atoms with Crippen LogP contribution in [0.5, 0.6) is 0 Å². The maximum atomic E-state index is 13.1. The van der Waals surface area contributed by atoms with Gasteiger partial charge in [-0.15, -0.1) is 10.2 Å². The number of aromatic nitrogens is 4. The Morgan fingerprint density at radius 1 is 1.00 bits per heavy atom. The molecule has 20 heavy (non-hydrogen) atoms. The molecule has 0 aliphatic carbocycles. The van der Waals surface area contributed by atoms with Crippen LogP contribution in [-0.4, -0.2) is 20.2 Å². The van der Waals surface area contributed by atoms with Crippen molar-refractivity contribution in [3.8, 4) is 22.8 Å². The molecule has 2 heterocycles. The van der Waals surface area contributed by atoms with Crippen LogP contribution in [-0.2, 0) is 0 Å². The Balaban J connectivity index is 1.97. The van der Waals surface area contributed by atoms with Crippen LogP contribution >= 0.6 is 0 Å². The van der Waals surface area contributed by atoms with E-state index in [-0.39, 0.29) is 5.82 Å². The first-order valence-electron chi connectivity index (χ1n) is 6.02. The van der Waals surface area contributed by atoms with E-state index in [1.807, 2.05) is 6.92 Å². The summed E-state index contributed by atoms with van der Waals surface area (Å²) in [5, 5.41) is 7.62. The first-order valence-corrected chi connectivity index (χ1v) is 6.02. The topological polar surface area (TPSA) is 64.7 Å². The fourth-order valence-electron chi connectivity index (χ4n) is 1.89. The van der Waals surface area contributed by atoms with Crippen molar-refractivity contribution in [3.63, 3.8) is 0 Å². The highest BCUT2D eigenvalue weighted by Gasteiger charge is 2.10. The largest absolute Gasteiger partial charge is 0.420 e. The van der Waals surface area contributed by atoms with Crippen molar-refractivity contribution in [3.05, 3.63) is 47.9 Å². The van der Waals surface area contributed by atoms with Gasteiger partial charge in [-0.3, -0.25) is 4.98 Å². The summed E-state index contributed by atoms with van der Waals surface area (Å²) in [5.41, 5.74) is 2.82. The lowest BCUT2D eigenvalue weighted by Gasteiger charge is -2.05. The molecular weight excluding hydrogens is 259 g/mol. The van der Waals surface area contributed by atoms with Crippen molar-refractivity contribution in [1.29, 1.82) is 0 Å². The SMILES string of the molecule is Cc1nnc(-c2cnc(-c3ccc(F)cc3C)cn2)o1. The highest BCUT2D eigenvalue weighted by molar-refractivity contribution is 5.63. The predicted octanol–water partition coefficient (Wildman–Crippen LogP) is 2.95. The second kappa shape index (κ2) is 4.80. The number of nitrogens with zero attached hydrogens (tertiary/aromatic N) is 4. The van der Waals surface area contributed by atoms with Crippen molar-refractivity contribution in [2.24, 2.45) is 0 Å². The number of halogens is 1. The van der Waals surface area contributed by atoms with Gasteiger partial charge in [-0.2, -0.15) is 0 Å². The Morgan fingerprint density at radius 2 is 1.75 bits per heavy atom. The molecule has 100 valence electrons. The van der Waals surface area contributed by atoms with E-state index in [1.54, 1.807) is 25.4 Å². The van der Waals surface area contributed by atoms with Crippen LogP contribution in [0.3, 0.4) is 0 Å². The maximum absolute atomic E-state index is 13.1. The van der Waals surface area contributed by atoms with Crippen molar-refractivity contribution >= 4 is 0 Å². The lowest BCUT2D eigenvalue weighted by molar-refractivity contribution is 0.530. The maximum Gasteiger partial charge on any atom is 0.267 e. The van der Waals surface area contributed by atoms with Crippen molar-refractivity contribution < 1.29 is 8.81 Å². The summed E-state index contributed by atoms with van der Waals surface area (Å²) in [6.07, 6.45) is 3.17. The van der Waals surface area contributed by atoms with Gasteiger partial charge in [-0.1, -0.05) is 0 Å². The molecule has 0 aliphatic rings. The molecule has 0 fully saturated rings. The van der Waals surface area contributed by atoms with E-state index in [2.05, 4.69) is 20.2 Å². The fourth-order valence-corrected chi connectivity index (χ4v) is 1.89. The van der Waals surface area contributed by atoms with Crippen LogP contribution in [0.4, 0.5) is 4.39 Å². The third-order valence-electron chi connectivity index (χ3n) is 2.86. The van der Waals surface area contributed by atoms with Crippen LogP contribution in [0.1, 0.15) is 11.5 Å². The normalized spacial score (nSPS) is 10.8.